The van der Waals surface area contributed by atoms with Crippen LogP contribution in [-0.2, 0) is 11.3 Å². The highest BCUT2D eigenvalue weighted by Crippen LogP contribution is 2.52. The Balaban J connectivity index is 1.67. The van der Waals surface area contributed by atoms with Crippen LogP contribution in [0.4, 0.5) is 4.79 Å². The molecule has 0 fully saturated rings. The lowest BCUT2D eigenvalue weighted by Gasteiger charge is -2.19. The second kappa shape index (κ2) is 9.23. The SMILES string of the molecule is COc1c(C[C@H]2CC(c3ccc(Cl)cc3)=NO2)c(/C=N/NC(N)=O)c2c(c1OC)OCO2. The van der Waals surface area contributed by atoms with Crippen LogP contribution in [0.1, 0.15) is 23.1 Å². The molecule has 32 heavy (non-hydrogen) atoms. The number of hydrogen-bond donors (Lipinski definition) is 2. The van der Waals surface area contributed by atoms with Gasteiger partial charge in [-0.05, 0) is 17.7 Å². The first-order valence-corrected chi connectivity index (χ1v) is 10.0. The number of primary amides is 1. The van der Waals surface area contributed by atoms with Crippen LogP contribution in [-0.4, -0.2) is 45.1 Å². The molecule has 0 saturated carbocycles. The first-order chi connectivity index (χ1) is 15.5. The van der Waals surface area contributed by atoms with E-state index in [1.807, 2.05) is 12.1 Å². The zero-order valence-electron chi connectivity index (χ0n) is 17.4. The lowest BCUT2D eigenvalue weighted by atomic mass is 9.95. The minimum absolute atomic E-state index is 0.00609. The Morgan fingerprint density at radius 2 is 1.97 bits per heavy atom. The van der Waals surface area contributed by atoms with E-state index < -0.39 is 6.03 Å². The molecule has 0 spiro atoms. The number of nitrogens with one attached hydrogen (secondary N) is 1. The number of rotatable bonds is 7. The van der Waals surface area contributed by atoms with Crippen molar-refractivity contribution in [2.24, 2.45) is 16.0 Å². The molecule has 0 aliphatic carbocycles. The minimum atomic E-state index is -0.794. The van der Waals surface area contributed by atoms with Gasteiger partial charge in [-0.1, -0.05) is 28.9 Å². The molecule has 0 radical (unpaired) electrons. The van der Waals surface area contributed by atoms with Crippen LogP contribution in [0.2, 0.25) is 5.02 Å². The number of benzene rings is 2. The molecule has 10 nitrogen and oxygen atoms in total. The van der Waals surface area contributed by atoms with Crippen molar-refractivity contribution in [2.75, 3.05) is 21.0 Å². The van der Waals surface area contributed by atoms with Gasteiger partial charge in [0.25, 0.3) is 0 Å². The molecule has 0 unspecified atom stereocenters. The van der Waals surface area contributed by atoms with Crippen molar-refractivity contribution >= 4 is 29.6 Å². The minimum Gasteiger partial charge on any atom is -0.492 e. The Morgan fingerprint density at radius 1 is 1.25 bits per heavy atom. The topological polar surface area (TPSA) is 126 Å². The van der Waals surface area contributed by atoms with Crippen LogP contribution in [0.5, 0.6) is 23.0 Å². The summed E-state index contributed by atoms with van der Waals surface area (Å²) in [6.45, 7) is 0.00609. The molecule has 0 aromatic heterocycles. The number of oxime groups is 1. The van der Waals surface area contributed by atoms with E-state index in [-0.39, 0.29) is 12.9 Å². The van der Waals surface area contributed by atoms with Crippen LogP contribution in [0.15, 0.2) is 34.5 Å². The first-order valence-electron chi connectivity index (χ1n) is 9.65. The zero-order valence-corrected chi connectivity index (χ0v) is 18.1. The highest BCUT2D eigenvalue weighted by molar-refractivity contribution is 6.30. The summed E-state index contributed by atoms with van der Waals surface area (Å²) in [5, 5.41) is 8.78. The van der Waals surface area contributed by atoms with Crippen LogP contribution in [0, 0.1) is 0 Å². The highest BCUT2D eigenvalue weighted by atomic mass is 35.5. The molecule has 2 heterocycles. The summed E-state index contributed by atoms with van der Waals surface area (Å²) in [5.41, 5.74) is 10.3. The van der Waals surface area contributed by atoms with Gasteiger partial charge in [-0.25, -0.2) is 10.2 Å². The predicted octanol–water partition coefficient (Wildman–Crippen LogP) is 2.82. The van der Waals surface area contributed by atoms with E-state index in [2.05, 4.69) is 15.7 Å². The third-order valence-electron chi connectivity index (χ3n) is 4.99. The van der Waals surface area contributed by atoms with Gasteiger partial charge in [0, 0.05) is 29.0 Å². The van der Waals surface area contributed by atoms with Crippen molar-refractivity contribution in [3.8, 4) is 23.0 Å². The van der Waals surface area contributed by atoms with Crippen LogP contribution >= 0.6 is 11.6 Å². The zero-order chi connectivity index (χ0) is 22.7. The molecule has 2 aromatic carbocycles. The lowest BCUT2D eigenvalue weighted by Crippen LogP contribution is -2.24. The highest BCUT2D eigenvalue weighted by Gasteiger charge is 2.33. The number of ether oxygens (including phenoxy) is 4. The van der Waals surface area contributed by atoms with Gasteiger partial charge < -0.3 is 29.5 Å². The molecule has 11 heteroatoms. The number of halogens is 1. The Morgan fingerprint density at radius 3 is 2.66 bits per heavy atom. The van der Waals surface area contributed by atoms with E-state index >= 15 is 0 Å². The Hall–Kier alpha value is -3.66. The van der Waals surface area contributed by atoms with Gasteiger partial charge in [-0.15, -0.1) is 0 Å². The molecule has 168 valence electrons. The van der Waals surface area contributed by atoms with Gasteiger partial charge in [0.15, 0.2) is 11.5 Å². The van der Waals surface area contributed by atoms with Gasteiger partial charge in [0.2, 0.25) is 18.3 Å². The Bertz CT molecular complexity index is 1090. The molecule has 3 N–H and O–H groups in total. The Labute approximate surface area is 188 Å². The van der Waals surface area contributed by atoms with E-state index in [0.717, 1.165) is 11.3 Å². The molecule has 2 amide bonds. The fourth-order valence-electron chi connectivity index (χ4n) is 3.63. The number of urea groups is 1. The molecule has 4 rings (SSSR count). The van der Waals surface area contributed by atoms with E-state index in [1.165, 1.54) is 20.4 Å². The summed E-state index contributed by atoms with van der Waals surface area (Å²) in [6, 6.07) is 6.60. The number of carbonyl (C=O) groups is 1. The van der Waals surface area contributed by atoms with Crippen molar-refractivity contribution < 1.29 is 28.6 Å². The number of hydrazone groups is 1. The predicted molar refractivity (Wildman–Crippen MR) is 117 cm³/mol. The summed E-state index contributed by atoms with van der Waals surface area (Å²) in [7, 11) is 3.04. The first kappa shape index (κ1) is 21.6. The number of nitrogens with zero attached hydrogens (tertiary/aromatic N) is 2. The number of methoxy groups -OCH3 is 2. The molecule has 0 bridgehead atoms. The monoisotopic (exact) mass is 460 g/mol. The smallest absolute Gasteiger partial charge is 0.332 e. The number of hydrogen-bond acceptors (Lipinski definition) is 8. The van der Waals surface area contributed by atoms with Crippen molar-refractivity contribution in [1.82, 2.24) is 5.43 Å². The van der Waals surface area contributed by atoms with E-state index in [4.69, 9.17) is 41.1 Å². The van der Waals surface area contributed by atoms with Crippen molar-refractivity contribution in [3.05, 3.63) is 46.0 Å². The van der Waals surface area contributed by atoms with Crippen molar-refractivity contribution in [3.63, 3.8) is 0 Å². The lowest BCUT2D eigenvalue weighted by molar-refractivity contribution is 0.0853. The van der Waals surface area contributed by atoms with E-state index in [9.17, 15) is 4.79 Å². The Kier molecular flexibility index (Phi) is 6.22. The summed E-state index contributed by atoms with van der Waals surface area (Å²) >= 11 is 5.98. The van der Waals surface area contributed by atoms with Crippen LogP contribution < -0.4 is 30.1 Å². The molecule has 2 aliphatic rings. The van der Waals surface area contributed by atoms with Gasteiger partial charge in [0.05, 0.1) is 26.1 Å². The molecular weight excluding hydrogens is 440 g/mol. The average molecular weight is 461 g/mol. The third-order valence-corrected chi connectivity index (χ3v) is 5.24. The summed E-state index contributed by atoms with van der Waals surface area (Å²) < 4.78 is 22.4. The fraction of sp³-hybridized carbons (Fsp3) is 0.286. The van der Waals surface area contributed by atoms with Gasteiger partial charge in [-0.2, -0.15) is 5.10 Å². The standard InChI is InChI=1S/C21H21ClN4O6/c1-28-17-14(7-13-8-16(26-32-13)11-3-5-12(22)6-4-11)15(9-24-25-21(23)27)18-20(19(17)29-2)31-10-30-18/h3-6,9,13H,7-8,10H2,1-2H3,(H3,23,25,27)/b24-9+/t13-/m0/s1. The van der Waals surface area contributed by atoms with Crippen LogP contribution in [0.25, 0.3) is 0 Å². The quantitative estimate of drug-likeness (QED) is 0.483. The number of amides is 2. The maximum Gasteiger partial charge on any atom is 0.332 e. The average Bonchev–Trinajstić information content (AvgIpc) is 3.44. The maximum atomic E-state index is 11.1. The maximum absolute atomic E-state index is 11.1. The van der Waals surface area contributed by atoms with Gasteiger partial charge in [0.1, 0.15) is 6.10 Å². The summed E-state index contributed by atoms with van der Waals surface area (Å²) in [4.78, 5) is 16.8. The van der Waals surface area contributed by atoms with E-state index in [0.29, 0.717) is 52.0 Å². The number of fused-ring (bicyclic) bond motifs is 1. The summed E-state index contributed by atoms with van der Waals surface area (Å²) in [6.07, 6.45) is 2.11. The second-order valence-corrected chi connectivity index (χ2v) is 7.37. The normalized spacial score (nSPS) is 16.6. The van der Waals surface area contributed by atoms with Crippen molar-refractivity contribution in [1.29, 1.82) is 0 Å². The van der Waals surface area contributed by atoms with E-state index in [1.54, 1.807) is 12.1 Å². The third kappa shape index (κ3) is 4.22. The van der Waals surface area contributed by atoms with Crippen LogP contribution in [0.3, 0.4) is 0 Å². The largest absolute Gasteiger partial charge is 0.492 e. The molecule has 0 saturated heterocycles. The second-order valence-electron chi connectivity index (χ2n) is 6.94. The fourth-order valence-corrected chi connectivity index (χ4v) is 3.75. The summed E-state index contributed by atoms with van der Waals surface area (Å²) in [5.74, 6) is 1.65. The molecular formula is C21H21ClN4O6. The van der Waals surface area contributed by atoms with Gasteiger partial charge >= 0.3 is 6.03 Å². The van der Waals surface area contributed by atoms with Crippen molar-refractivity contribution in [2.45, 2.75) is 18.9 Å². The molecule has 2 aromatic rings. The van der Waals surface area contributed by atoms with Gasteiger partial charge in [-0.3, -0.25) is 0 Å². The number of carbonyl (C=O) groups excluding carboxylic acids is 1. The molecule has 2 aliphatic heterocycles. The molecule has 1 atom stereocenters. The number of nitrogens with two attached hydrogens (primary N) is 1.